The molecule has 0 bridgehead atoms. The normalized spacial score (nSPS) is 12.2. The lowest BCUT2D eigenvalue weighted by molar-refractivity contribution is -0.170. The van der Waals surface area contributed by atoms with Crippen LogP contribution in [0.3, 0.4) is 0 Å². The molecule has 104 valence electrons. The summed E-state index contributed by atoms with van der Waals surface area (Å²) >= 11 is 0. The maximum Gasteiger partial charge on any atom is 0.450 e. The molecule has 19 heavy (non-hydrogen) atoms. The lowest BCUT2D eigenvalue weighted by atomic mass is 10.1. The zero-order chi connectivity index (χ0) is 14.8. The van der Waals surface area contributed by atoms with Crippen molar-refractivity contribution in [3.63, 3.8) is 0 Å². The van der Waals surface area contributed by atoms with Crippen molar-refractivity contribution < 1.29 is 31.2 Å². The highest BCUT2D eigenvalue weighted by atomic mass is 32.2. The summed E-state index contributed by atoms with van der Waals surface area (Å²) in [6, 6.07) is 4.34. The number of hydrogen-bond donors (Lipinski definition) is 0. The summed E-state index contributed by atoms with van der Waals surface area (Å²) in [6.45, 7) is 0. The highest BCUT2D eigenvalue weighted by molar-refractivity contribution is 7.90. The zero-order valence-corrected chi connectivity index (χ0v) is 10.5. The first-order chi connectivity index (χ1) is 8.51. The van der Waals surface area contributed by atoms with Crippen molar-refractivity contribution in [1.82, 2.24) is 0 Å². The Morgan fingerprint density at radius 3 is 1.95 bits per heavy atom. The number of carbonyl (C=O) groups is 2. The van der Waals surface area contributed by atoms with Gasteiger partial charge < -0.3 is 0 Å². The van der Waals surface area contributed by atoms with Crippen LogP contribution in [0.4, 0.5) is 13.2 Å². The van der Waals surface area contributed by atoms with E-state index in [-0.39, 0.29) is 10.5 Å². The fraction of sp³-hybridized carbons (Fsp3) is 0.273. The van der Waals surface area contributed by atoms with Crippen LogP contribution in [0.2, 0.25) is 0 Å². The summed E-state index contributed by atoms with van der Waals surface area (Å²) in [5.74, 6) is -3.15. The molecule has 0 aliphatic carbocycles. The lowest BCUT2D eigenvalue weighted by Gasteiger charge is -2.05. The van der Waals surface area contributed by atoms with Crippen LogP contribution in [0.25, 0.3) is 0 Å². The molecular formula is C11H9F3O4S. The standard InChI is InChI=1S/C11H9F3O4S/c1-19(17,18)8-4-2-7(3-5-8)9(15)6-10(16)11(12,13)14/h2-5H,6H2,1H3. The van der Waals surface area contributed by atoms with Crippen molar-refractivity contribution in [3.05, 3.63) is 29.8 Å². The number of benzene rings is 1. The Bertz CT molecular complexity index is 600. The van der Waals surface area contributed by atoms with Gasteiger partial charge in [-0.15, -0.1) is 0 Å². The number of sulfone groups is 1. The first-order valence-electron chi connectivity index (χ1n) is 4.95. The van der Waals surface area contributed by atoms with E-state index < -0.39 is 34.0 Å². The number of carbonyl (C=O) groups excluding carboxylic acids is 2. The van der Waals surface area contributed by atoms with Crippen molar-refractivity contribution >= 4 is 21.4 Å². The van der Waals surface area contributed by atoms with Gasteiger partial charge in [0.25, 0.3) is 0 Å². The van der Waals surface area contributed by atoms with Crippen LogP contribution in [-0.4, -0.2) is 32.4 Å². The molecule has 0 saturated heterocycles. The van der Waals surface area contributed by atoms with E-state index in [9.17, 15) is 31.2 Å². The first-order valence-corrected chi connectivity index (χ1v) is 6.84. The Kier molecular flexibility index (Phi) is 4.14. The molecule has 0 N–H and O–H groups in total. The van der Waals surface area contributed by atoms with Crippen LogP contribution in [-0.2, 0) is 14.6 Å². The minimum atomic E-state index is -5.05. The average Bonchev–Trinajstić information content (AvgIpc) is 2.26. The molecule has 0 heterocycles. The van der Waals surface area contributed by atoms with Crippen LogP contribution in [0, 0.1) is 0 Å². The molecule has 1 aromatic carbocycles. The molecule has 0 radical (unpaired) electrons. The van der Waals surface area contributed by atoms with Crippen molar-refractivity contribution in [2.24, 2.45) is 0 Å². The van der Waals surface area contributed by atoms with Crippen LogP contribution >= 0.6 is 0 Å². The van der Waals surface area contributed by atoms with Gasteiger partial charge in [0, 0.05) is 11.8 Å². The minimum Gasteiger partial charge on any atom is -0.294 e. The smallest absolute Gasteiger partial charge is 0.294 e. The van der Waals surface area contributed by atoms with Gasteiger partial charge in [-0.3, -0.25) is 9.59 Å². The maximum absolute atomic E-state index is 12.0. The van der Waals surface area contributed by atoms with E-state index >= 15 is 0 Å². The van der Waals surface area contributed by atoms with Crippen molar-refractivity contribution in [1.29, 1.82) is 0 Å². The van der Waals surface area contributed by atoms with Crippen molar-refractivity contribution in [2.75, 3.05) is 6.26 Å². The Morgan fingerprint density at radius 2 is 1.58 bits per heavy atom. The molecule has 0 aliphatic heterocycles. The predicted octanol–water partition coefficient (Wildman–Crippen LogP) is 1.79. The molecule has 0 amide bonds. The van der Waals surface area contributed by atoms with Gasteiger partial charge in [-0.2, -0.15) is 13.2 Å². The van der Waals surface area contributed by atoms with E-state index in [2.05, 4.69) is 0 Å². The van der Waals surface area contributed by atoms with Crippen molar-refractivity contribution in [3.8, 4) is 0 Å². The molecule has 8 heteroatoms. The van der Waals surface area contributed by atoms with Gasteiger partial charge in [0.05, 0.1) is 11.3 Å². The quantitative estimate of drug-likeness (QED) is 0.627. The molecule has 0 unspecified atom stereocenters. The number of ketones is 2. The topological polar surface area (TPSA) is 68.3 Å². The fourth-order valence-corrected chi connectivity index (χ4v) is 1.87. The minimum absolute atomic E-state index is 0.0637. The number of halogens is 3. The molecule has 1 aromatic rings. The van der Waals surface area contributed by atoms with E-state index in [0.29, 0.717) is 0 Å². The number of Topliss-reactive ketones (excluding diaryl/α,β-unsaturated/α-hetero) is 2. The summed E-state index contributed by atoms with van der Waals surface area (Å²) in [7, 11) is -3.45. The Balaban J connectivity index is 2.88. The van der Waals surface area contributed by atoms with Gasteiger partial charge in [0.2, 0.25) is 5.78 Å². The van der Waals surface area contributed by atoms with E-state index in [1.165, 1.54) is 0 Å². The SMILES string of the molecule is CS(=O)(=O)c1ccc(C(=O)CC(=O)C(F)(F)F)cc1. The summed E-state index contributed by atoms with van der Waals surface area (Å²) in [5.41, 5.74) is -0.148. The van der Waals surface area contributed by atoms with Gasteiger partial charge >= 0.3 is 6.18 Å². The van der Waals surface area contributed by atoms with Gasteiger partial charge in [-0.25, -0.2) is 8.42 Å². The molecule has 0 saturated carbocycles. The van der Waals surface area contributed by atoms with Crippen LogP contribution in [0.15, 0.2) is 29.2 Å². The highest BCUT2D eigenvalue weighted by Crippen LogP contribution is 2.19. The van der Waals surface area contributed by atoms with Crippen LogP contribution in [0.1, 0.15) is 16.8 Å². The summed E-state index contributed by atoms with van der Waals surface area (Å²) in [5, 5.41) is 0. The molecule has 0 aromatic heterocycles. The van der Waals surface area contributed by atoms with E-state index in [1.54, 1.807) is 0 Å². The molecular weight excluding hydrogens is 285 g/mol. The Morgan fingerprint density at radius 1 is 1.11 bits per heavy atom. The molecule has 0 spiro atoms. The number of alkyl halides is 3. The van der Waals surface area contributed by atoms with E-state index in [0.717, 1.165) is 30.5 Å². The molecule has 0 aliphatic rings. The molecule has 0 atom stereocenters. The average molecular weight is 294 g/mol. The van der Waals surface area contributed by atoms with Crippen LogP contribution < -0.4 is 0 Å². The fourth-order valence-electron chi connectivity index (χ4n) is 1.24. The summed E-state index contributed by atoms with van der Waals surface area (Å²) in [6.07, 6.45) is -5.39. The molecule has 4 nitrogen and oxygen atoms in total. The summed E-state index contributed by atoms with van der Waals surface area (Å²) in [4.78, 5) is 22.0. The molecule has 0 fully saturated rings. The Hall–Kier alpha value is -1.70. The van der Waals surface area contributed by atoms with E-state index in [4.69, 9.17) is 0 Å². The third kappa shape index (κ3) is 4.16. The van der Waals surface area contributed by atoms with Crippen LogP contribution in [0.5, 0.6) is 0 Å². The van der Waals surface area contributed by atoms with Gasteiger partial charge in [0.1, 0.15) is 0 Å². The second-order valence-electron chi connectivity index (χ2n) is 3.82. The second-order valence-corrected chi connectivity index (χ2v) is 5.83. The third-order valence-electron chi connectivity index (χ3n) is 2.24. The third-order valence-corrected chi connectivity index (χ3v) is 3.37. The summed E-state index contributed by atoms with van der Waals surface area (Å²) < 4.78 is 58.2. The monoisotopic (exact) mass is 294 g/mol. The molecule has 1 rings (SSSR count). The zero-order valence-electron chi connectivity index (χ0n) is 9.69. The lowest BCUT2D eigenvalue weighted by Crippen LogP contribution is -2.25. The second kappa shape index (κ2) is 5.12. The predicted molar refractivity (Wildman–Crippen MR) is 59.6 cm³/mol. The first kappa shape index (κ1) is 15.4. The number of rotatable bonds is 4. The highest BCUT2D eigenvalue weighted by Gasteiger charge is 2.39. The Labute approximate surface area is 107 Å². The van der Waals surface area contributed by atoms with E-state index in [1.807, 2.05) is 0 Å². The maximum atomic E-state index is 12.0. The largest absolute Gasteiger partial charge is 0.450 e. The van der Waals surface area contributed by atoms with Crippen molar-refractivity contribution in [2.45, 2.75) is 17.5 Å². The van der Waals surface area contributed by atoms with Gasteiger partial charge in [-0.1, -0.05) is 12.1 Å². The van der Waals surface area contributed by atoms with Gasteiger partial charge in [0.15, 0.2) is 15.6 Å². The van der Waals surface area contributed by atoms with Gasteiger partial charge in [-0.05, 0) is 12.1 Å². The number of hydrogen-bond acceptors (Lipinski definition) is 4.